The standard InChI is InChI=1S/C15H21N3OS/c1-4-6-12(13-7-5-8-20-13)18-14-9-15(17-10-16-14)19-11(2)3/h5,7-12H,4,6H2,1-3H3,(H,16,17,18). The van der Waals surface area contributed by atoms with Gasteiger partial charge in [0.15, 0.2) is 0 Å². The molecule has 0 fully saturated rings. The van der Waals surface area contributed by atoms with E-state index in [-0.39, 0.29) is 6.10 Å². The number of nitrogens with zero attached hydrogens (tertiary/aromatic N) is 2. The van der Waals surface area contributed by atoms with Gasteiger partial charge < -0.3 is 10.1 Å². The molecule has 108 valence electrons. The van der Waals surface area contributed by atoms with Gasteiger partial charge in [0, 0.05) is 10.9 Å². The normalized spacial score (nSPS) is 12.4. The first-order chi connectivity index (χ1) is 9.69. The SMILES string of the molecule is CCCC(Nc1cc(OC(C)C)ncn1)c1cccs1. The summed E-state index contributed by atoms with van der Waals surface area (Å²) in [5.41, 5.74) is 0. The van der Waals surface area contributed by atoms with Crippen LogP contribution < -0.4 is 10.1 Å². The molecule has 2 heterocycles. The van der Waals surface area contributed by atoms with E-state index in [1.165, 1.54) is 11.2 Å². The molecule has 1 atom stereocenters. The Bertz CT molecular complexity index is 514. The summed E-state index contributed by atoms with van der Waals surface area (Å²) in [7, 11) is 0. The van der Waals surface area contributed by atoms with E-state index in [1.807, 2.05) is 19.9 Å². The van der Waals surface area contributed by atoms with E-state index in [9.17, 15) is 0 Å². The van der Waals surface area contributed by atoms with Crippen molar-refractivity contribution in [2.24, 2.45) is 0 Å². The highest BCUT2D eigenvalue weighted by molar-refractivity contribution is 7.10. The van der Waals surface area contributed by atoms with E-state index in [4.69, 9.17) is 4.74 Å². The van der Waals surface area contributed by atoms with E-state index in [0.29, 0.717) is 11.9 Å². The van der Waals surface area contributed by atoms with Gasteiger partial charge in [0.2, 0.25) is 5.88 Å². The van der Waals surface area contributed by atoms with Crippen LogP contribution in [0.3, 0.4) is 0 Å². The van der Waals surface area contributed by atoms with Crippen molar-refractivity contribution in [3.63, 3.8) is 0 Å². The Balaban J connectivity index is 2.10. The highest BCUT2D eigenvalue weighted by Gasteiger charge is 2.12. The molecular weight excluding hydrogens is 270 g/mol. The Labute approximate surface area is 124 Å². The average molecular weight is 291 g/mol. The summed E-state index contributed by atoms with van der Waals surface area (Å²) in [5, 5.41) is 5.58. The molecule has 20 heavy (non-hydrogen) atoms. The zero-order valence-electron chi connectivity index (χ0n) is 12.2. The second-order valence-corrected chi connectivity index (χ2v) is 5.89. The van der Waals surface area contributed by atoms with Gasteiger partial charge >= 0.3 is 0 Å². The van der Waals surface area contributed by atoms with Crippen LogP contribution in [0.1, 0.15) is 44.5 Å². The monoisotopic (exact) mass is 291 g/mol. The van der Waals surface area contributed by atoms with Crippen molar-refractivity contribution in [2.45, 2.75) is 45.8 Å². The minimum atomic E-state index is 0.112. The molecule has 1 unspecified atom stereocenters. The topological polar surface area (TPSA) is 47.0 Å². The summed E-state index contributed by atoms with van der Waals surface area (Å²) < 4.78 is 5.60. The Morgan fingerprint density at radius 3 is 2.85 bits per heavy atom. The fraction of sp³-hybridized carbons (Fsp3) is 0.467. The molecule has 0 aromatic carbocycles. The molecule has 2 aromatic heterocycles. The second-order valence-electron chi connectivity index (χ2n) is 4.91. The van der Waals surface area contributed by atoms with Gasteiger partial charge in [-0.25, -0.2) is 9.97 Å². The van der Waals surface area contributed by atoms with Crippen LogP contribution in [-0.4, -0.2) is 16.1 Å². The molecule has 0 bridgehead atoms. The smallest absolute Gasteiger partial charge is 0.218 e. The number of anilines is 1. The minimum Gasteiger partial charge on any atom is -0.475 e. The number of rotatable bonds is 7. The molecule has 4 nitrogen and oxygen atoms in total. The third-order valence-electron chi connectivity index (χ3n) is 2.78. The van der Waals surface area contributed by atoms with Crippen LogP contribution in [0.4, 0.5) is 5.82 Å². The van der Waals surface area contributed by atoms with Gasteiger partial charge in [-0.15, -0.1) is 11.3 Å². The molecule has 0 saturated carbocycles. The summed E-state index contributed by atoms with van der Waals surface area (Å²) >= 11 is 1.77. The Hall–Kier alpha value is -1.62. The minimum absolute atomic E-state index is 0.112. The van der Waals surface area contributed by atoms with Crippen molar-refractivity contribution in [3.8, 4) is 5.88 Å². The van der Waals surface area contributed by atoms with Crippen LogP contribution in [0.5, 0.6) is 5.88 Å². The lowest BCUT2D eigenvalue weighted by molar-refractivity contribution is 0.232. The van der Waals surface area contributed by atoms with Crippen molar-refractivity contribution in [1.29, 1.82) is 0 Å². The van der Waals surface area contributed by atoms with Crippen LogP contribution in [0.2, 0.25) is 0 Å². The maximum Gasteiger partial charge on any atom is 0.218 e. The van der Waals surface area contributed by atoms with Crippen LogP contribution >= 0.6 is 11.3 Å². The summed E-state index contributed by atoms with van der Waals surface area (Å²) in [5.74, 6) is 1.42. The Morgan fingerprint density at radius 2 is 2.20 bits per heavy atom. The molecule has 0 amide bonds. The number of thiophene rings is 1. The predicted octanol–water partition coefficient (Wildman–Crippen LogP) is 4.28. The fourth-order valence-electron chi connectivity index (χ4n) is 1.97. The lowest BCUT2D eigenvalue weighted by Crippen LogP contribution is -2.12. The highest BCUT2D eigenvalue weighted by atomic mass is 32.1. The van der Waals surface area contributed by atoms with Crippen molar-refractivity contribution in [2.75, 3.05) is 5.32 Å². The van der Waals surface area contributed by atoms with Crippen molar-refractivity contribution in [1.82, 2.24) is 9.97 Å². The molecule has 0 radical (unpaired) electrons. The zero-order chi connectivity index (χ0) is 14.4. The summed E-state index contributed by atoms with van der Waals surface area (Å²) in [6, 6.07) is 6.39. The van der Waals surface area contributed by atoms with Crippen molar-refractivity contribution in [3.05, 3.63) is 34.8 Å². The van der Waals surface area contributed by atoms with Crippen molar-refractivity contribution >= 4 is 17.2 Å². The number of aromatic nitrogens is 2. The molecule has 1 N–H and O–H groups in total. The summed E-state index contributed by atoms with van der Waals surface area (Å²) in [6.07, 6.45) is 3.85. The van der Waals surface area contributed by atoms with Crippen LogP contribution in [0, 0.1) is 0 Å². The molecule has 2 rings (SSSR count). The van der Waals surface area contributed by atoms with E-state index in [1.54, 1.807) is 11.3 Å². The largest absolute Gasteiger partial charge is 0.475 e. The third-order valence-corrected chi connectivity index (χ3v) is 3.77. The molecule has 0 aliphatic rings. The number of hydrogen-bond acceptors (Lipinski definition) is 5. The maximum absolute atomic E-state index is 5.60. The fourth-order valence-corrected chi connectivity index (χ4v) is 2.78. The van der Waals surface area contributed by atoms with Crippen LogP contribution in [-0.2, 0) is 0 Å². The van der Waals surface area contributed by atoms with Crippen LogP contribution in [0.15, 0.2) is 29.9 Å². The van der Waals surface area contributed by atoms with E-state index >= 15 is 0 Å². The van der Waals surface area contributed by atoms with Crippen molar-refractivity contribution < 1.29 is 4.74 Å². The quantitative estimate of drug-likeness (QED) is 0.827. The molecule has 5 heteroatoms. The number of hydrogen-bond donors (Lipinski definition) is 1. The second kappa shape index (κ2) is 7.24. The Morgan fingerprint density at radius 1 is 1.35 bits per heavy atom. The van der Waals surface area contributed by atoms with Gasteiger partial charge in [-0.1, -0.05) is 19.4 Å². The average Bonchev–Trinajstić information content (AvgIpc) is 2.91. The maximum atomic E-state index is 5.60. The van der Waals surface area contributed by atoms with Gasteiger partial charge in [0.1, 0.15) is 12.1 Å². The van der Waals surface area contributed by atoms with Crippen LogP contribution in [0.25, 0.3) is 0 Å². The number of nitrogens with one attached hydrogen (secondary N) is 1. The van der Waals surface area contributed by atoms with Gasteiger partial charge in [-0.2, -0.15) is 0 Å². The molecule has 0 saturated heterocycles. The Kier molecular flexibility index (Phi) is 5.35. The third kappa shape index (κ3) is 4.20. The summed E-state index contributed by atoms with van der Waals surface area (Å²) in [4.78, 5) is 9.74. The highest BCUT2D eigenvalue weighted by Crippen LogP contribution is 2.27. The first-order valence-corrected chi connectivity index (χ1v) is 7.85. The first kappa shape index (κ1) is 14.8. The molecule has 0 aliphatic carbocycles. The summed E-state index contributed by atoms with van der Waals surface area (Å²) in [6.45, 7) is 6.16. The first-order valence-electron chi connectivity index (χ1n) is 6.97. The number of ether oxygens (including phenoxy) is 1. The molecular formula is C15H21N3OS. The van der Waals surface area contributed by atoms with E-state index in [2.05, 4.69) is 39.7 Å². The van der Waals surface area contributed by atoms with Gasteiger partial charge in [0.05, 0.1) is 12.1 Å². The van der Waals surface area contributed by atoms with Gasteiger partial charge in [-0.3, -0.25) is 0 Å². The lowest BCUT2D eigenvalue weighted by atomic mass is 10.1. The molecule has 0 spiro atoms. The molecule has 2 aromatic rings. The van der Waals surface area contributed by atoms with Gasteiger partial charge in [0.25, 0.3) is 0 Å². The predicted molar refractivity (Wildman–Crippen MR) is 83.4 cm³/mol. The molecule has 0 aliphatic heterocycles. The van der Waals surface area contributed by atoms with E-state index in [0.717, 1.165) is 18.7 Å². The van der Waals surface area contributed by atoms with Gasteiger partial charge in [-0.05, 0) is 31.7 Å². The zero-order valence-corrected chi connectivity index (χ0v) is 13.0. The van der Waals surface area contributed by atoms with E-state index < -0.39 is 0 Å². The lowest BCUT2D eigenvalue weighted by Gasteiger charge is -2.18.